The Bertz CT molecular complexity index is 346. The van der Waals surface area contributed by atoms with Gasteiger partial charge in [0.2, 0.25) is 11.8 Å². The van der Waals surface area contributed by atoms with Gasteiger partial charge in [0.05, 0.1) is 5.92 Å². The smallest absolute Gasteiger partial charge is 0.225 e. The Morgan fingerprint density at radius 3 is 2.62 bits per heavy atom. The summed E-state index contributed by atoms with van der Waals surface area (Å²) in [5.41, 5.74) is 0. The first-order valence-corrected chi connectivity index (χ1v) is 7.99. The van der Waals surface area contributed by atoms with Gasteiger partial charge in [-0.15, -0.1) is 12.4 Å². The minimum atomic E-state index is -0.0144. The molecule has 1 unspecified atom stereocenters. The van der Waals surface area contributed by atoms with Gasteiger partial charge in [-0.05, 0) is 45.2 Å². The number of rotatable bonds is 4. The van der Waals surface area contributed by atoms with Crippen LogP contribution < -0.4 is 10.6 Å². The summed E-state index contributed by atoms with van der Waals surface area (Å²) in [7, 11) is 0. The van der Waals surface area contributed by atoms with Gasteiger partial charge in [0.1, 0.15) is 0 Å². The highest BCUT2D eigenvalue weighted by molar-refractivity contribution is 5.85. The average Bonchev–Trinajstić information content (AvgIpc) is 2.48. The number of carbonyl (C=O) groups is 2. The maximum Gasteiger partial charge on any atom is 0.225 e. The second-order valence-electron chi connectivity index (χ2n) is 5.96. The fourth-order valence-electron chi connectivity index (χ4n) is 3.07. The van der Waals surface area contributed by atoms with Gasteiger partial charge in [-0.2, -0.15) is 0 Å². The zero-order valence-corrected chi connectivity index (χ0v) is 13.7. The average molecular weight is 318 g/mol. The Balaban J connectivity index is 0.00000220. The third kappa shape index (κ3) is 5.47. The minimum Gasteiger partial charge on any atom is -0.353 e. The third-order valence-corrected chi connectivity index (χ3v) is 4.29. The minimum absolute atomic E-state index is 0. The number of halogens is 1. The molecule has 0 aromatic rings. The number of piperidine rings is 2. The molecule has 0 bridgehead atoms. The van der Waals surface area contributed by atoms with Gasteiger partial charge >= 0.3 is 0 Å². The molecule has 5 nitrogen and oxygen atoms in total. The predicted molar refractivity (Wildman–Crippen MR) is 85.5 cm³/mol. The van der Waals surface area contributed by atoms with E-state index in [1.54, 1.807) is 0 Å². The Kier molecular flexibility index (Phi) is 8.04. The van der Waals surface area contributed by atoms with Gasteiger partial charge in [0.25, 0.3) is 0 Å². The molecular formula is C15H28ClN3O2. The molecule has 122 valence electrons. The van der Waals surface area contributed by atoms with E-state index >= 15 is 0 Å². The summed E-state index contributed by atoms with van der Waals surface area (Å²) in [6.45, 7) is 5.40. The van der Waals surface area contributed by atoms with Crippen molar-refractivity contribution in [3.05, 3.63) is 0 Å². The molecule has 0 saturated carbocycles. The van der Waals surface area contributed by atoms with Crippen LogP contribution in [0.25, 0.3) is 0 Å². The topological polar surface area (TPSA) is 61.4 Å². The molecule has 21 heavy (non-hydrogen) atoms. The maximum atomic E-state index is 12.3. The summed E-state index contributed by atoms with van der Waals surface area (Å²) in [5.74, 6) is 0.331. The lowest BCUT2D eigenvalue weighted by molar-refractivity contribution is -0.136. The lowest BCUT2D eigenvalue weighted by Gasteiger charge is -2.33. The summed E-state index contributed by atoms with van der Waals surface area (Å²) in [6, 6.07) is 0.311. The number of likely N-dealkylation sites (tertiary alicyclic amines) is 1. The highest BCUT2D eigenvalue weighted by Crippen LogP contribution is 2.18. The van der Waals surface area contributed by atoms with E-state index in [-0.39, 0.29) is 30.1 Å². The lowest BCUT2D eigenvalue weighted by Crippen LogP contribution is -2.49. The van der Waals surface area contributed by atoms with E-state index in [1.807, 2.05) is 11.8 Å². The van der Waals surface area contributed by atoms with Gasteiger partial charge in [0.15, 0.2) is 0 Å². The molecule has 2 fully saturated rings. The molecule has 2 amide bonds. The number of hydrogen-bond donors (Lipinski definition) is 2. The highest BCUT2D eigenvalue weighted by atomic mass is 35.5. The molecule has 1 atom stereocenters. The Morgan fingerprint density at radius 2 is 1.95 bits per heavy atom. The molecule has 0 aromatic carbocycles. The first kappa shape index (κ1) is 18.2. The van der Waals surface area contributed by atoms with E-state index in [4.69, 9.17) is 0 Å². The van der Waals surface area contributed by atoms with Crippen LogP contribution in [0.5, 0.6) is 0 Å². The van der Waals surface area contributed by atoms with Crippen LogP contribution in [-0.2, 0) is 9.59 Å². The largest absolute Gasteiger partial charge is 0.353 e. The predicted octanol–water partition coefficient (Wildman–Crippen LogP) is 1.32. The maximum absolute atomic E-state index is 12.3. The van der Waals surface area contributed by atoms with E-state index in [0.29, 0.717) is 19.0 Å². The van der Waals surface area contributed by atoms with E-state index < -0.39 is 0 Å². The van der Waals surface area contributed by atoms with Crippen molar-refractivity contribution in [3.8, 4) is 0 Å². The summed E-state index contributed by atoms with van der Waals surface area (Å²) in [5, 5.41) is 6.46. The molecule has 2 aliphatic heterocycles. The summed E-state index contributed by atoms with van der Waals surface area (Å²) in [6.07, 6.45) is 5.35. The number of amides is 2. The van der Waals surface area contributed by atoms with Crippen LogP contribution in [0.15, 0.2) is 0 Å². The van der Waals surface area contributed by atoms with Crippen LogP contribution in [0.2, 0.25) is 0 Å². The van der Waals surface area contributed by atoms with Crippen molar-refractivity contribution in [2.75, 3.05) is 26.2 Å². The van der Waals surface area contributed by atoms with Crippen molar-refractivity contribution in [2.24, 2.45) is 5.92 Å². The Labute approximate surface area is 133 Å². The van der Waals surface area contributed by atoms with Crippen LogP contribution in [-0.4, -0.2) is 48.9 Å². The molecule has 2 N–H and O–H groups in total. The fourth-order valence-corrected chi connectivity index (χ4v) is 3.07. The number of nitrogens with one attached hydrogen (secondary N) is 2. The van der Waals surface area contributed by atoms with Gasteiger partial charge in [0, 0.05) is 25.6 Å². The quantitative estimate of drug-likeness (QED) is 0.822. The zero-order valence-electron chi connectivity index (χ0n) is 12.9. The van der Waals surface area contributed by atoms with Gasteiger partial charge in [-0.3, -0.25) is 9.59 Å². The molecule has 2 aliphatic rings. The molecule has 0 radical (unpaired) electrons. The molecule has 2 saturated heterocycles. The van der Waals surface area contributed by atoms with Crippen molar-refractivity contribution < 1.29 is 9.59 Å². The molecule has 0 spiro atoms. The van der Waals surface area contributed by atoms with Crippen molar-refractivity contribution in [1.82, 2.24) is 15.5 Å². The van der Waals surface area contributed by atoms with Crippen LogP contribution in [0.1, 0.15) is 45.4 Å². The molecule has 2 heterocycles. The molecule has 0 aromatic heterocycles. The Hall–Kier alpha value is -0.810. The standard InChI is InChI=1S/C15H27N3O2.ClH/c1-2-4-14(19)18-10-3-5-12(11-18)15(20)17-13-6-8-16-9-7-13;/h12-13,16H,2-11H2,1H3,(H,17,20);1H. The van der Waals surface area contributed by atoms with E-state index in [2.05, 4.69) is 10.6 Å². The second kappa shape index (κ2) is 9.26. The van der Waals surface area contributed by atoms with Crippen LogP contribution >= 0.6 is 12.4 Å². The van der Waals surface area contributed by atoms with Crippen molar-refractivity contribution in [2.45, 2.75) is 51.5 Å². The number of hydrogen-bond acceptors (Lipinski definition) is 3. The number of nitrogens with zero attached hydrogens (tertiary/aromatic N) is 1. The molecular weight excluding hydrogens is 290 g/mol. The summed E-state index contributed by atoms with van der Waals surface area (Å²) < 4.78 is 0. The van der Waals surface area contributed by atoms with Crippen LogP contribution in [0.3, 0.4) is 0 Å². The van der Waals surface area contributed by atoms with E-state index in [9.17, 15) is 9.59 Å². The SMILES string of the molecule is CCCC(=O)N1CCCC(C(=O)NC2CCNCC2)C1.Cl. The molecule has 2 rings (SSSR count). The Morgan fingerprint density at radius 1 is 1.24 bits per heavy atom. The highest BCUT2D eigenvalue weighted by Gasteiger charge is 2.29. The summed E-state index contributed by atoms with van der Waals surface area (Å²) in [4.78, 5) is 26.1. The van der Waals surface area contributed by atoms with Gasteiger partial charge < -0.3 is 15.5 Å². The fraction of sp³-hybridized carbons (Fsp3) is 0.867. The van der Waals surface area contributed by atoms with Crippen LogP contribution in [0, 0.1) is 5.92 Å². The van der Waals surface area contributed by atoms with E-state index in [0.717, 1.165) is 51.7 Å². The third-order valence-electron chi connectivity index (χ3n) is 4.29. The van der Waals surface area contributed by atoms with Crippen molar-refractivity contribution in [1.29, 1.82) is 0 Å². The van der Waals surface area contributed by atoms with Gasteiger partial charge in [-0.1, -0.05) is 6.92 Å². The monoisotopic (exact) mass is 317 g/mol. The normalized spacial score (nSPS) is 23.3. The van der Waals surface area contributed by atoms with E-state index in [1.165, 1.54) is 0 Å². The first-order chi connectivity index (χ1) is 9.70. The van der Waals surface area contributed by atoms with Crippen LogP contribution in [0.4, 0.5) is 0 Å². The lowest BCUT2D eigenvalue weighted by atomic mass is 9.95. The zero-order chi connectivity index (χ0) is 14.4. The number of carbonyl (C=O) groups excluding carboxylic acids is 2. The second-order valence-corrected chi connectivity index (χ2v) is 5.96. The summed E-state index contributed by atoms with van der Waals surface area (Å²) >= 11 is 0. The van der Waals surface area contributed by atoms with Crippen molar-refractivity contribution in [3.63, 3.8) is 0 Å². The van der Waals surface area contributed by atoms with Gasteiger partial charge in [-0.25, -0.2) is 0 Å². The molecule has 6 heteroatoms. The molecule has 0 aliphatic carbocycles. The first-order valence-electron chi connectivity index (χ1n) is 7.99. The van der Waals surface area contributed by atoms with Crippen molar-refractivity contribution >= 4 is 24.2 Å².